The van der Waals surface area contributed by atoms with Gasteiger partial charge < -0.3 is 10.0 Å². The van der Waals surface area contributed by atoms with Gasteiger partial charge in [-0.1, -0.05) is 30.3 Å². The number of hydrogen-bond acceptors (Lipinski definition) is 3. The van der Waals surface area contributed by atoms with Gasteiger partial charge in [-0.25, -0.2) is 0 Å². The summed E-state index contributed by atoms with van der Waals surface area (Å²) in [5.74, 6) is 0.00937. The first kappa shape index (κ1) is 14.8. The van der Waals surface area contributed by atoms with Crippen molar-refractivity contribution in [3.05, 3.63) is 42.1 Å². The Kier molecular flexibility index (Phi) is 4.53. The third kappa shape index (κ3) is 3.04. The van der Waals surface area contributed by atoms with Gasteiger partial charge in [-0.3, -0.25) is 9.89 Å². The Labute approximate surface area is 130 Å². The third-order valence-electron chi connectivity index (χ3n) is 4.21. The van der Waals surface area contributed by atoms with E-state index in [9.17, 15) is 4.79 Å². The summed E-state index contributed by atoms with van der Waals surface area (Å²) in [5.41, 5.74) is 2.32. The maximum absolute atomic E-state index is 12.7. The lowest BCUT2D eigenvalue weighted by Gasteiger charge is -2.23. The Morgan fingerprint density at radius 2 is 2.18 bits per heavy atom. The Morgan fingerprint density at radius 3 is 2.95 bits per heavy atom. The summed E-state index contributed by atoms with van der Waals surface area (Å²) < 4.78 is 0. The van der Waals surface area contributed by atoms with Crippen LogP contribution in [0.15, 0.2) is 36.4 Å². The van der Waals surface area contributed by atoms with E-state index in [1.165, 1.54) is 0 Å². The van der Waals surface area contributed by atoms with Crippen LogP contribution in [-0.4, -0.2) is 45.3 Å². The number of aliphatic hydroxyl groups excluding tert-OH is 1. The molecule has 5 heteroatoms. The van der Waals surface area contributed by atoms with Crippen molar-refractivity contribution in [2.45, 2.75) is 31.7 Å². The lowest BCUT2D eigenvalue weighted by Crippen LogP contribution is -2.35. The molecule has 2 N–H and O–H groups in total. The van der Waals surface area contributed by atoms with Crippen molar-refractivity contribution >= 4 is 5.91 Å². The molecule has 3 rings (SSSR count). The molecule has 1 unspecified atom stereocenters. The van der Waals surface area contributed by atoms with E-state index in [0.717, 1.165) is 43.5 Å². The SMILES string of the molecule is O=C(c1cc(-c2ccccc2)n[nH]1)N1CCCC1CCCO. The van der Waals surface area contributed by atoms with Crippen molar-refractivity contribution < 1.29 is 9.90 Å². The molecule has 1 amide bonds. The summed E-state index contributed by atoms with van der Waals surface area (Å²) in [5, 5.41) is 16.1. The number of carbonyl (C=O) groups is 1. The lowest BCUT2D eigenvalue weighted by molar-refractivity contribution is 0.0718. The molecule has 0 saturated carbocycles. The first-order valence-corrected chi connectivity index (χ1v) is 7.82. The molecule has 1 atom stereocenters. The topological polar surface area (TPSA) is 69.2 Å². The van der Waals surface area contributed by atoms with E-state index in [4.69, 9.17) is 5.11 Å². The second-order valence-electron chi connectivity index (χ2n) is 5.69. The normalized spacial score (nSPS) is 17.9. The maximum Gasteiger partial charge on any atom is 0.272 e. The predicted molar refractivity (Wildman–Crippen MR) is 84.4 cm³/mol. The third-order valence-corrected chi connectivity index (χ3v) is 4.21. The van der Waals surface area contributed by atoms with Gasteiger partial charge in [0.25, 0.3) is 5.91 Å². The fraction of sp³-hybridized carbons (Fsp3) is 0.412. The Balaban J connectivity index is 1.74. The molecule has 2 heterocycles. The summed E-state index contributed by atoms with van der Waals surface area (Å²) in [4.78, 5) is 14.6. The molecule has 1 aliphatic heterocycles. The molecule has 5 nitrogen and oxygen atoms in total. The largest absolute Gasteiger partial charge is 0.396 e. The maximum atomic E-state index is 12.7. The monoisotopic (exact) mass is 299 g/mol. The minimum Gasteiger partial charge on any atom is -0.396 e. The minimum atomic E-state index is 0.00937. The summed E-state index contributed by atoms with van der Waals surface area (Å²) in [6.45, 7) is 0.968. The molecule has 0 spiro atoms. The summed E-state index contributed by atoms with van der Waals surface area (Å²) >= 11 is 0. The van der Waals surface area contributed by atoms with Crippen LogP contribution in [0, 0.1) is 0 Å². The minimum absolute atomic E-state index is 0.00937. The summed E-state index contributed by atoms with van der Waals surface area (Å²) in [7, 11) is 0. The van der Waals surface area contributed by atoms with Crippen molar-refractivity contribution in [3.63, 3.8) is 0 Å². The van der Waals surface area contributed by atoms with Crippen LogP contribution < -0.4 is 0 Å². The van der Waals surface area contributed by atoms with Gasteiger partial charge in [-0.05, 0) is 31.7 Å². The van der Waals surface area contributed by atoms with Crippen LogP contribution in [0.3, 0.4) is 0 Å². The fourth-order valence-corrected chi connectivity index (χ4v) is 3.07. The molecule has 2 aromatic rings. The van der Waals surface area contributed by atoms with Gasteiger partial charge in [0, 0.05) is 24.8 Å². The van der Waals surface area contributed by atoms with E-state index >= 15 is 0 Å². The van der Waals surface area contributed by atoms with Gasteiger partial charge in [-0.15, -0.1) is 0 Å². The lowest BCUT2D eigenvalue weighted by atomic mass is 10.1. The van der Waals surface area contributed by atoms with E-state index in [1.807, 2.05) is 41.3 Å². The van der Waals surface area contributed by atoms with E-state index in [2.05, 4.69) is 10.2 Å². The highest BCUT2D eigenvalue weighted by atomic mass is 16.3. The summed E-state index contributed by atoms with van der Waals surface area (Å²) in [6.07, 6.45) is 3.65. The average molecular weight is 299 g/mol. The predicted octanol–water partition coefficient (Wildman–Crippen LogP) is 2.45. The van der Waals surface area contributed by atoms with Crippen LogP contribution in [0.25, 0.3) is 11.3 Å². The zero-order chi connectivity index (χ0) is 15.4. The van der Waals surface area contributed by atoms with Crippen molar-refractivity contribution in [1.82, 2.24) is 15.1 Å². The number of hydrogen-bond donors (Lipinski definition) is 2. The molecule has 22 heavy (non-hydrogen) atoms. The number of nitrogens with one attached hydrogen (secondary N) is 1. The zero-order valence-electron chi connectivity index (χ0n) is 12.5. The number of aliphatic hydroxyl groups is 1. The Morgan fingerprint density at radius 1 is 1.36 bits per heavy atom. The number of nitrogens with zero attached hydrogens (tertiary/aromatic N) is 2. The van der Waals surface area contributed by atoms with Crippen molar-refractivity contribution in [3.8, 4) is 11.3 Å². The summed E-state index contributed by atoms with van der Waals surface area (Å²) in [6, 6.07) is 11.9. The fourth-order valence-electron chi connectivity index (χ4n) is 3.07. The molecule has 116 valence electrons. The molecular formula is C17H21N3O2. The zero-order valence-corrected chi connectivity index (χ0v) is 12.5. The molecular weight excluding hydrogens is 278 g/mol. The second-order valence-corrected chi connectivity index (χ2v) is 5.69. The number of aromatic nitrogens is 2. The van der Waals surface area contributed by atoms with Gasteiger partial charge in [0.2, 0.25) is 0 Å². The van der Waals surface area contributed by atoms with E-state index in [1.54, 1.807) is 0 Å². The number of carbonyl (C=O) groups excluding carboxylic acids is 1. The van der Waals surface area contributed by atoms with Crippen LogP contribution in [0.4, 0.5) is 0 Å². The van der Waals surface area contributed by atoms with Crippen molar-refractivity contribution in [2.75, 3.05) is 13.2 Å². The highest BCUT2D eigenvalue weighted by Crippen LogP contribution is 2.24. The van der Waals surface area contributed by atoms with Crippen LogP contribution in [0.1, 0.15) is 36.2 Å². The molecule has 1 saturated heterocycles. The Hall–Kier alpha value is -2.14. The first-order chi connectivity index (χ1) is 10.8. The van der Waals surface area contributed by atoms with E-state index in [0.29, 0.717) is 5.69 Å². The van der Waals surface area contributed by atoms with E-state index in [-0.39, 0.29) is 18.6 Å². The molecule has 0 radical (unpaired) electrons. The highest BCUT2D eigenvalue weighted by Gasteiger charge is 2.29. The van der Waals surface area contributed by atoms with Crippen LogP contribution in [0.2, 0.25) is 0 Å². The second kappa shape index (κ2) is 6.75. The number of H-pyrrole nitrogens is 1. The van der Waals surface area contributed by atoms with Gasteiger partial charge in [-0.2, -0.15) is 5.10 Å². The molecule has 1 aromatic heterocycles. The van der Waals surface area contributed by atoms with Crippen molar-refractivity contribution in [1.29, 1.82) is 0 Å². The number of rotatable bonds is 5. The molecule has 1 fully saturated rings. The molecule has 1 aliphatic rings. The van der Waals surface area contributed by atoms with Gasteiger partial charge in [0.1, 0.15) is 5.69 Å². The highest BCUT2D eigenvalue weighted by molar-refractivity contribution is 5.93. The average Bonchev–Trinajstić information content (AvgIpc) is 3.22. The smallest absolute Gasteiger partial charge is 0.272 e. The number of aromatic amines is 1. The Bertz CT molecular complexity index is 624. The molecule has 1 aromatic carbocycles. The number of amides is 1. The van der Waals surface area contributed by atoms with Crippen LogP contribution >= 0.6 is 0 Å². The first-order valence-electron chi connectivity index (χ1n) is 7.82. The van der Waals surface area contributed by atoms with Crippen molar-refractivity contribution in [2.24, 2.45) is 0 Å². The molecule has 0 bridgehead atoms. The number of benzene rings is 1. The van der Waals surface area contributed by atoms with Gasteiger partial charge >= 0.3 is 0 Å². The number of likely N-dealkylation sites (tertiary alicyclic amines) is 1. The standard InChI is InChI=1S/C17H21N3O2/c21-11-5-9-14-8-4-10-20(14)17(22)16-12-15(18-19-16)13-6-2-1-3-7-13/h1-3,6-7,12,14,21H,4-5,8-11H2,(H,18,19). The van der Waals surface area contributed by atoms with Gasteiger partial charge in [0.05, 0.1) is 5.69 Å². The van der Waals surface area contributed by atoms with Gasteiger partial charge in [0.15, 0.2) is 0 Å². The quantitative estimate of drug-likeness (QED) is 0.891. The van der Waals surface area contributed by atoms with Crippen LogP contribution in [0.5, 0.6) is 0 Å². The molecule has 0 aliphatic carbocycles. The van der Waals surface area contributed by atoms with Crippen LogP contribution in [-0.2, 0) is 0 Å². The van der Waals surface area contributed by atoms with E-state index < -0.39 is 0 Å².